The zero-order valence-corrected chi connectivity index (χ0v) is 11.2. The van der Waals surface area contributed by atoms with E-state index in [1.165, 1.54) is 22.8 Å². The molecule has 3 aromatic carbocycles. The molecular formula is C18H14BNO2. The number of aromatic nitrogens is 1. The van der Waals surface area contributed by atoms with E-state index in [-0.39, 0.29) is 33.0 Å². The second kappa shape index (κ2) is 5.02. The SMILES string of the molecule is [2H]c1c([2H])c([2H])c2c(c1[2H])c1c([2H])c([2H])c([2H])c([2H])c1n2-c1cccc(B(O)O)c1. The molecule has 1 heterocycles. The Labute approximate surface area is 139 Å². The van der Waals surface area contributed by atoms with Crippen LogP contribution in [-0.4, -0.2) is 21.7 Å². The molecule has 0 spiro atoms. The molecule has 4 aromatic rings. The van der Waals surface area contributed by atoms with Crippen LogP contribution in [0.3, 0.4) is 0 Å². The molecule has 0 aliphatic carbocycles. The summed E-state index contributed by atoms with van der Waals surface area (Å²) in [6.45, 7) is 0. The maximum atomic E-state index is 9.53. The Bertz CT molecular complexity index is 1290. The average Bonchev–Trinajstić information content (AvgIpc) is 3.09. The lowest BCUT2D eigenvalue weighted by atomic mass is 9.80. The van der Waals surface area contributed by atoms with Crippen LogP contribution in [0.5, 0.6) is 0 Å². The first-order valence-electron chi connectivity index (χ1n) is 10.5. The molecule has 0 saturated heterocycles. The number of nitrogens with zero attached hydrogens (tertiary/aromatic N) is 1. The summed E-state index contributed by atoms with van der Waals surface area (Å²) in [5.41, 5.74) is 0.333. The third kappa shape index (κ3) is 1.93. The van der Waals surface area contributed by atoms with Crippen LogP contribution in [0.25, 0.3) is 27.5 Å². The normalized spacial score (nSPS) is 16.3. The van der Waals surface area contributed by atoms with Crippen LogP contribution in [0.2, 0.25) is 0 Å². The van der Waals surface area contributed by atoms with Crippen molar-refractivity contribution in [1.29, 1.82) is 0 Å². The zero-order chi connectivity index (χ0) is 22.1. The van der Waals surface area contributed by atoms with Crippen molar-refractivity contribution in [3.05, 3.63) is 72.6 Å². The fraction of sp³-hybridized carbons (Fsp3) is 0. The molecule has 0 saturated carbocycles. The molecule has 22 heavy (non-hydrogen) atoms. The summed E-state index contributed by atoms with van der Waals surface area (Å²) in [5, 5.41) is 19.0. The summed E-state index contributed by atoms with van der Waals surface area (Å²) in [5.74, 6) is 0. The molecule has 3 nitrogen and oxygen atoms in total. The van der Waals surface area contributed by atoms with Gasteiger partial charge in [0.25, 0.3) is 0 Å². The van der Waals surface area contributed by atoms with Gasteiger partial charge in [0.2, 0.25) is 0 Å². The van der Waals surface area contributed by atoms with Crippen molar-refractivity contribution in [2.24, 2.45) is 0 Å². The van der Waals surface area contributed by atoms with Crippen LogP contribution >= 0.6 is 0 Å². The molecule has 1 aromatic heterocycles. The van der Waals surface area contributed by atoms with Gasteiger partial charge in [-0.15, -0.1) is 0 Å². The molecule has 4 heteroatoms. The highest BCUT2D eigenvalue weighted by Gasteiger charge is 2.14. The van der Waals surface area contributed by atoms with Gasteiger partial charge in [0.05, 0.1) is 22.0 Å². The van der Waals surface area contributed by atoms with Gasteiger partial charge in [-0.1, -0.05) is 48.4 Å². The Morgan fingerprint density at radius 2 is 1.45 bits per heavy atom. The Morgan fingerprint density at radius 3 is 2.05 bits per heavy atom. The predicted molar refractivity (Wildman–Crippen MR) is 90.6 cm³/mol. The summed E-state index contributed by atoms with van der Waals surface area (Å²) >= 11 is 0. The van der Waals surface area contributed by atoms with Gasteiger partial charge in [-0.05, 0) is 29.7 Å². The lowest BCUT2D eigenvalue weighted by Gasteiger charge is -2.09. The van der Waals surface area contributed by atoms with Crippen molar-refractivity contribution in [2.45, 2.75) is 0 Å². The van der Waals surface area contributed by atoms with E-state index in [1.54, 1.807) is 6.07 Å². The number of hydrogen-bond donors (Lipinski definition) is 2. The summed E-state index contributed by atoms with van der Waals surface area (Å²) in [6.07, 6.45) is 0. The molecule has 0 radical (unpaired) electrons. The highest BCUT2D eigenvalue weighted by molar-refractivity contribution is 6.58. The van der Waals surface area contributed by atoms with Crippen LogP contribution in [0.1, 0.15) is 11.0 Å². The largest absolute Gasteiger partial charge is 0.488 e. The van der Waals surface area contributed by atoms with Gasteiger partial charge < -0.3 is 14.6 Å². The van der Waals surface area contributed by atoms with E-state index in [1.807, 2.05) is 0 Å². The molecule has 0 aliphatic heterocycles. The lowest BCUT2D eigenvalue weighted by Crippen LogP contribution is -2.29. The van der Waals surface area contributed by atoms with Crippen LogP contribution in [0.15, 0.2) is 72.6 Å². The van der Waals surface area contributed by atoms with Gasteiger partial charge in [0.15, 0.2) is 0 Å². The van der Waals surface area contributed by atoms with E-state index in [0.717, 1.165) is 0 Å². The number of hydrogen-bond acceptors (Lipinski definition) is 2. The van der Waals surface area contributed by atoms with E-state index in [2.05, 4.69) is 0 Å². The lowest BCUT2D eigenvalue weighted by molar-refractivity contribution is 0.426. The van der Waals surface area contributed by atoms with Crippen LogP contribution in [-0.2, 0) is 0 Å². The molecule has 0 aliphatic rings. The van der Waals surface area contributed by atoms with Crippen LogP contribution in [0, 0.1) is 0 Å². The van der Waals surface area contributed by atoms with E-state index in [9.17, 15) is 10.0 Å². The molecule has 0 amide bonds. The fourth-order valence-electron chi connectivity index (χ4n) is 2.50. The second-order valence-corrected chi connectivity index (χ2v) is 4.75. The first-order chi connectivity index (χ1) is 14.1. The molecule has 2 N–H and O–H groups in total. The smallest absolute Gasteiger partial charge is 0.423 e. The Balaban J connectivity index is 2.37. The number of para-hydroxylation sites is 2. The third-order valence-electron chi connectivity index (χ3n) is 3.46. The highest BCUT2D eigenvalue weighted by Crippen LogP contribution is 2.31. The van der Waals surface area contributed by atoms with Gasteiger partial charge >= 0.3 is 7.12 Å². The van der Waals surface area contributed by atoms with Gasteiger partial charge in [0.1, 0.15) is 0 Å². The summed E-state index contributed by atoms with van der Waals surface area (Å²) in [4.78, 5) is 0. The van der Waals surface area contributed by atoms with Crippen molar-refractivity contribution in [3.8, 4) is 5.69 Å². The molecule has 0 unspecified atom stereocenters. The summed E-state index contributed by atoms with van der Waals surface area (Å²) in [7, 11) is -1.79. The van der Waals surface area contributed by atoms with E-state index < -0.39 is 55.5 Å². The predicted octanol–water partition coefficient (Wildman–Crippen LogP) is 2.46. The maximum Gasteiger partial charge on any atom is 0.488 e. The highest BCUT2D eigenvalue weighted by atomic mass is 16.4. The van der Waals surface area contributed by atoms with Gasteiger partial charge in [0, 0.05) is 16.5 Å². The number of fused-ring (bicyclic) bond motifs is 3. The molecule has 4 rings (SSSR count). The van der Waals surface area contributed by atoms with E-state index in [4.69, 9.17) is 11.0 Å². The summed E-state index contributed by atoms with van der Waals surface area (Å²) < 4.78 is 66.9. The first-order valence-corrected chi connectivity index (χ1v) is 6.55. The third-order valence-corrected chi connectivity index (χ3v) is 3.46. The maximum absolute atomic E-state index is 9.53. The van der Waals surface area contributed by atoms with Crippen molar-refractivity contribution in [2.75, 3.05) is 0 Å². The molecular weight excluding hydrogens is 273 g/mol. The van der Waals surface area contributed by atoms with Crippen LogP contribution < -0.4 is 5.46 Å². The molecule has 0 atom stereocenters. The second-order valence-electron chi connectivity index (χ2n) is 4.75. The van der Waals surface area contributed by atoms with E-state index in [0.29, 0.717) is 0 Å². The van der Waals surface area contributed by atoms with Gasteiger partial charge in [-0.3, -0.25) is 0 Å². The van der Waals surface area contributed by atoms with E-state index >= 15 is 0 Å². The minimum Gasteiger partial charge on any atom is -0.423 e. The Morgan fingerprint density at radius 1 is 0.864 bits per heavy atom. The van der Waals surface area contributed by atoms with Crippen molar-refractivity contribution in [3.63, 3.8) is 0 Å². The summed E-state index contributed by atoms with van der Waals surface area (Å²) in [6, 6.07) is 2.19. The molecule has 0 bridgehead atoms. The van der Waals surface area contributed by atoms with Crippen molar-refractivity contribution < 1.29 is 21.0 Å². The van der Waals surface area contributed by atoms with Crippen molar-refractivity contribution >= 4 is 34.4 Å². The standard InChI is InChI=1S/C18H14BNO2/c21-19(22)13-6-5-7-14(12-13)20-17-10-3-1-8-15(17)16-9-2-4-11-18(16)20/h1-12,21-22H/i1D,2D,3D,4D,8D,9D,10D,11D. The monoisotopic (exact) mass is 295 g/mol. The Hall–Kier alpha value is -2.56. The average molecular weight is 295 g/mol. The minimum absolute atomic E-state index is 0.0208. The van der Waals surface area contributed by atoms with Gasteiger partial charge in [-0.2, -0.15) is 0 Å². The topological polar surface area (TPSA) is 45.4 Å². The number of rotatable bonds is 2. The molecule has 106 valence electrons. The van der Waals surface area contributed by atoms with Crippen molar-refractivity contribution in [1.82, 2.24) is 4.57 Å². The van der Waals surface area contributed by atoms with Gasteiger partial charge in [-0.25, -0.2) is 0 Å². The number of benzene rings is 3. The minimum atomic E-state index is -1.79. The van der Waals surface area contributed by atoms with Crippen LogP contribution in [0.4, 0.5) is 0 Å². The fourth-order valence-corrected chi connectivity index (χ4v) is 2.50. The first kappa shape index (κ1) is 7.14. The zero-order valence-electron chi connectivity index (χ0n) is 19.2. The Kier molecular flexibility index (Phi) is 1.63. The molecule has 0 fully saturated rings. The quantitative estimate of drug-likeness (QED) is 0.558.